The highest BCUT2D eigenvalue weighted by molar-refractivity contribution is 5.74. The first-order chi connectivity index (χ1) is 9.65. The fraction of sp³-hybridized carbons (Fsp3) is 0.200. The van der Waals surface area contributed by atoms with Crippen LogP contribution in [0.1, 0.15) is 5.56 Å². The van der Waals surface area contributed by atoms with Crippen molar-refractivity contribution in [3.63, 3.8) is 0 Å². The maximum Gasteiger partial charge on any atom is 0.280 e. The highest BCUT2D eigenvalue weighted by Crippen LogP contribution is 2.33. The molecule has 0 saturated heterocycles. The Hall–Kier alpha value is -2.40. The topological polar surface area (TPSA) is 78.4 Å². The molecule has 2 aromatic rings. The number of nitro benzene ring substituents is 1. The number of nitrogens with zero attached hydrogens (tertiary/aromatic N) is 1. The van der Waals surface area contributed by atoms with E-state index in [0.29, 0.717) is 17.9 Å². The van der Waals surface area contributed by atoms with E-state index in [0.717, 1.165) is 17.5 Å². The first-order valence-electron chi connectivity index (χ1n) is 6.27. The van der Waals surface area contributed by atoms with Crippen molar-refractivity contribution in [2.45, 2.75) is 6.42 Å². The third-order valence-electron chi connectivity index (χ3n) is 3.10. The van der Waals surface area contributed by atoms with Crippen LogP contribution in [0.5, 0.6) is 5.75 Å². The SMILES string of the molecule is COc1ccc(-c2ccc(CCN)cc2)c([N+](=O)[O-])c1. The second-order valence-corrected chi connectivity index (χ2v) is 4.38. The minimum atomic E-state index is -0.397. The molecule has 0 radical (unpaired) electrons. The van der Waals surface area contributed by atoms with Crippen molar-refractivity contribution < 1.29 is 9.66 Å². The molecule has 0 unspecified atom stereocenters. The van der Waals surface area contributed by atoms with E-state index < -0.39 is 4.92 Å². The molecular weight excluding hydrogens is 256 g/mol. The number of methoxy groups -OCH3 is 1. The minimum absolute atomic E-state index is 0.0379. The summed E-state index contributed by atoms with van der Waals surface area (Å²) in [6.07, 6.45) is 0.797. The van der Waals surface area contributed by atoms with E-state index in [1.54, 1.807) is 12.1 Å². The van der Waals surface area contributed by atoms with E-state index in [1.807, 2.05) is 24.3 Å². The lowest BCUT2D eigenvalue weighted by Crippen LogP contribution is -2.02. The Morgan fingerprint density at radius 1 is 1.20 bits per heavy atom. The standard InChI is InChI=1S/C15H16N2O3/c1-20-13-6-7-14(15(10-13)17(18)19)12-4-2-11(3-5-12)8-9-16/h2-7,10H,8-9,16H2,1H3. The summed E-state index contributed by atoms with van der Waals surface area (Å²) in [6.45, 7) is 0.585. The van der Waals surface area contributed by atoms with Gasteiger partial charge in [-0.05, 0) is 36.2 Å². The summed E-state index contributed by atoms with van der Waals surface area (Å²) in [4.78, 5) is 10.8. The van der Waals surface area contributed by atoms with Crippen molar-refractivity contribution in [1.29, 1.82) is 0 Å². The van der Waals surface area contributed by atoms with Gasteiger partial charge < -0.3 is 10.5 Å². The van der Waals surface area contributed by atoms with E-state index in [4.69, 9.17) is 10.5 Å². The van der Waals surface area contributed by atoms with Gasteiger partial charge in [-0.15, -0.1) is 0 Å². The fourth-order valence-electron chi connectivity index (χ4n) is 2.05. The number of ether oxygens (including phenoxy) is 1. The summed E-state index contributed by atoms with van der Waals surface area (Å²) in [5.41, 5.74) is 8.04. The van der Waals surface area contributed by atoms with Gasteiger partial charge in [-0.1, -0.05) is 24.3 Å². The molecule has 0 atom stereocenters. The molecule has 0 aliphatic rings. The molecule has 0 amide bonds. The summed E-state index contributed by atoms with van der Waals surface area (Å²) >= 11 is 0. The molecule has 104 valence electrons. The monoisotopic (exact) mass is 272 g/mol. The molecule has 0 fully saturated rings. The number of rotatable bonds is 5. The second-order valence-electron chi connectivity index (χ2n) is 4.38. The Morgan fingerprint density at radius 2 is 1.90 bits per heavy atom. The van der Waals surface area contributed by atoms with Crippen molar-refractivity contribution >= 4 is 5.69 Å². The van der Waals surface area contributed by atoms with Crippen molar-refractivity contribution in [2.24, 2.45) is 5.73 Å². The van der Waals surface area contributed by atoms with Gasteiger partial charge in [0.2, 0.25) is 0 Å². The molecule has 0 aromatic heterocycles. The molecule has 2 N–H and O–H groups in total. The zero-order chi connectivity index (χ0) is 14.5. The Labute approximate surface area is 117 Å². The van der Waals surface area contributed by atoms with Crippen LogP contribution in [0.15, 0.2) is 42.5 Å². The molecule has 0 heterocycles. The van der Waals surface area contributed by atoms with Gasteiger partial charge in [-0.3, -0.25) is 10.1 Å². The van der Waals surface area contributed by atoms with Crippen molar-refractivity contribution in [2.75, 3.05) is 13.7 Å². The molecule has 5 nitrogen and oxygen atoms in total. The predicted octanol–water partition coefficient (Wildman–Crippen LogP) is 2.77. The molecule has 0 bridgehead atoms. The normalized spacial score (nSPS) is 10.3. The number of benzene rings is 2. The zero-order valence-electron chi connectivity index (χ0n) is 11.2. The summed E-state index contributed by atoms with van der Waals surface area (Å²) < 4.78 is 5.03. The van der Waals surface area contributed by atoms with Gasteiger partial charge in [-0.2, -0.15) is 0 Å². The third kappa shape index (κ3) is 2.95. The second kappa shape index (κ2) is 6.16. The van der Waals surface area contributed by atoms with Crippen LogP contribution in [-0.4, -0.2) is 18.6 Å². The van der Waals surface area contributed by atoms with E-state index in [9.17, 15) is 10.1 Å². The molecule has 20 heavy (non-hydrogen) atoms. The highest BCUT2D eigenvalue weighted by atomic mass is 16.6. The molecular formula is C15H16N2O3. The van der Waals surface area contributed by atoms with Gasteiger partial charge in [-0.25, -0.2) is 0 Å². The Bertz CT molecular complexity index is 609. The lowest BCUT2D eigenvalue weighted by Gasteiger charge is -2.06. The average molecular weight is 272 g/mol. The van der Waals surface area contributed by atoms with Gasteiger partial charge >= 0.3 is 0 Å². The summed E-state index contributed by atoms with van der Waals surface area (Å²) in [5.74, 6) is 0.472. The zero-order valence-corrected chi connectivity index (χ0v) is 11.2. The lowest BCUT2D eigenvalue weighted by molar-refractivity contribution is -0.384. The maximum atomic E-state index is 11.2. The highest BCUT2D eigenvalue weighted by Gasteiger charge is 2.16. The number of nitro groups is 1. The van der Waals surface area contributed by atoms with Crippen LogP contribution in [0, 0.1) is 10.1 Å². The maximum absolute atomic E-state index is 11.2. The van der Waals surface area contributed by atoms with Crippen molar-refractivity contribution in [1.82, 2.24) is 0 Å². The van der Waals surface area contributed by atoms with Crippen LogP contribution in [0.4, 0.5) is 5.69 Å². The van der Waals surface area contributed by atoms with Crippen LogP contribution in [0.2, 0.25) is 0 Å². The van der Waals surface area contributed by atoms with E-state index in [1.165, 1.54) is 13.2 Å². The van der Waals surface area contributed by atoms with Crippen molar-refractivity contribution in [3.8, 4) is 16.9 Å². The Balaban J connectivity index is 2.43. The van der Waals surface area contributed by atoms with Crippen LogP contribution in [0.3, 0.4) is 0 Å². The summed E-state index contributed by atoms with van der Waals surface area (Å²) in [5, 5.41) is 11.2. The van der Waals surface area contributed by atoms with Crippen LogP contribution < -0.4 is 10.5 Å². The summed E-state index contributed by atoms with van der Waals surface area (Å²) in [7, 11) is 1.49. The van der Waals surface area contributed by atoms with Gasteiger partial charge in [0.15, 0.2) is 0 Å². The van der Waals surface area contributed by atoms with Crippen molar-refractivity contribution in [3.05, 3.63) is 58.1 Å². The number of nitrogens with two attached hydrogens (primary N) is 1. The quantitative estimate of drug-likeness (QED) is 0.670. The first-order valence-corrected chi connectivity index (χ1v) is 6.27. The van der Waals surface area contributed by atoms with Gasteiger partial charge in [0.05, 0.1) is 23.7 Å². The Morgan fingerprint density at radius 3 is 2.45 bits per heavy atom. The predicted molar refractivity (Wildman–Crippen MR) is 77.8 cm³/mol. The van der Waals surface area contributed by atoms with Crippen LogP contribution in [0.25, 0.3) is 11.1 Å². The van der Waals surface area contributed by atoms with E-state index >= 15 is 0 Å². The first kappa shape index (κ1) is 14.0. The van der Waals surface area contributed by atoms with E-state index in [-0.39, 0.29) is 5.69 Å². The van der Waals surface area contributed by atoms with Gasteiger partial charge in [0.25, 0.3) is 5.69 Å². The molecule has 5 heteroatoms. The molecule has 0 aliphatic carbocycles. The molecule has 0 spiro atoms. The molecule has 2 rings (SSSR count). The minimum Gasteiger partial charge on any atom is -0.497 e. The molecule has 0 aliphatic heterocycles. The average Bonchev–Trinajstić information content (AvgIpc) is 2.48. The largest absolute Gasteiger partial charge is 0.497 e. The molecule has 2 aromatic carbocycles. The number of hydrogen-bond acceptors (Lipinski definition) is 4. The fourth-order valence-corrected chi connectivity index (χ4v) is 2.05. The van der Waals surface area contributed by atoms with Gasteiger partial charge in [0, 0.05) is 0 Å². The van der Waals surface area contributed by atoms with Gasteiger partial charge in [0.1, 0.15) is 5.75 Å². The lowest BCUT2D eigenvalue weighted by atomic mass is 10.0. The molecule has 0 saturated carbocycles. The third-order valence-corrected chi connectivity index (χ3v) is 3.10. The summed E-state index contributed by atoms with van der Waals surface area (Å²) in [6, 6.07) is 12.5. The Kier molecular flexibility index (Phi) is 4.32. The smallest absolute Gasteiger partial charge is 0.280 e. The number of hydrogen-bond donors (Lipinski definition) is 1. The van der Waals surface area contributed by atoms with E-state index in [2.05, 4.69) is 0 Å². The van der Waals surface area contributed by atoms with Crippen LogP contribution in [-0.2, 0) is 6.42 Å². The van der Waals surface area contributed by atoms with Crippen LogP contribution >= 0.6 is 0 Å².